The summed E-state index contributed by atoms with van der Waals surface area (Å²) in [6.07, 6.45) is 0.922. The normalized spacial score (nSPS) is 12.3. The molecule has 0 saturated carbocycles. The van der Waals surface area contributed by atoms with Gasteiger partial charge in [-0.1, -0.05) is 70.2 Å². The van der Waals surface area contributed by atoms with Crippen molar-refractivity contribution >= 4 is 32.5 Å². The highest BCUT2D eigenvalue weighted by atomic mass is 16.4. The summed E-state index contributed by atoms with van der Waals surface area (Å²) in [5, 5.41) is 4.67. The maximum Gasteiger partial charge on any atom is 0.344 e. The fourth-order valence-corrected chi connectivity index (χ4v) is 3.49. The SMILES string of the molecule is CCc1ccc2c(c1)oc(=O)c1c3ccc(C(C)(C)C)cc3ccc21. The van der Waals surface area contributed by atoms with Gasteiger partial charge < -0.3 is 4.42 Å². The first-order chi connectivity index (χ1) is 11.9. The smallest absolute Gasteiger partial charge is 0.344 e. The number of fused-ring (bicyclic) bond motifs is 5. The van der Waals surface area contributed by atoms with E-state index in [1.54, 1.807) is 0 Å². The van der Waals surface area contributed by atoms with E-state index in [1.165, 1.54) is 11.1 Å². The van der Waals surface area contributed by atoms with Crippen LogP contribution in [0.5, 0.6) is 0 Å². The second kappa shape index (κ2) is 5.45. The van der Waals surface area contributed by atoms with E-state index in [9.17, 15) is 4.79 Å². The van der Waals surface area contributed by atoms with Crippen LogP contribution in [-0.2, 0) is 11.8 Å². The lowest BCUT2D eigenvalue weighted by molar-refractivity contribution is 0.569. The van der Waals surface area contributed by atoms with E-state index in [0.29, 0.717) is 11.0 Å². The standard InChI is InChI=1S/C23H22O2/c1-5-14-6-9-18-19-10-7-15-13-16(23(2,3)4)8-11-17(15)21(19)22(24)25-20(18)12-14/h6-13H,5H2,1-4H3. The molecule has 0 amide bonds. The Morgan fingerprint density at radius 2 is 1.60 bits per heavy atom. The summed E-state index contributed by atoms with van der Waals surface area (Å²) >= 11 is 0. The zero-order chi connectivity index (χ0) is 17.8. The van der Waals surface area contributed by atoms with E-state index in [-0.39, 0.29) is 11.0 Å². The molecule has 0 atom stereocenters. The van der Waals surface area contributed by atoms with Crippen LogP contribution in [0, 0.1) is 0 Å². The predicted molar refractivity (Wildman–Crippen MR) is 106 cm³/mol. The molecule has 126 valence electrons. The minimum absolute atomic E-state index is 0.0771. The molecular weight excluding hydrogens is 308 g/mol. The van der Waals surface area contributed by atoms with Crippen molar-refractivity contribution in [3.05, 3.63) is 70.1 Å². The maximum atomic E-state index is 12.7. The molecule has 0 N–H and O–H groups in total. The summed E-state index contributed by atoms with van der Waals surface area (Å²) in [5.41, 5.74) is 2.92. The molecule has 0 spiro atoms. The van der Waals surface area contributed by atoms with Gasteiger partial charge >= 0.3 is 5.63 Å². The molecule has 3 aromatic carbocycles. The predicted octanol–water partition coefficient (Wildman–Crippen LogP) is 5.96. The lowest BCUT2D eigenvalue weighted by Crippen LogP contribution is -2.10. The Morgan fingerprint density at radius 3 is 2.32 bits per heavy atom. The van der Waals surface area contributed by atoms with Crippen LogP contribution in [0.3, 0.4) is 0 Å². The number of hydrogen-bond donors (Lipinski definition) is 0. The van der Waals surface area contributed by atoms with Crippen molar-refractivity contribution in [1.82, 2.24) is 0 Å². The van der Waals surface area contributed by atoms with E-state index >= 15 is 0 Å². The summed E-state index contributed by atoms with van der Waals surface area (Å²) in [7, 11) is 0. The largest absolute Gasteiger partial charge is 0.422 e. The maximum absolute atomic E-state index is 12.7. The van der Waals surface area contributed by atoms with Crippen molar-refractivity contribution in [2.75, 3.05) is 0 Å². The molecule has 0 unspecified atom stereocenters. The third-order valence-corrected chi connectivity index (χ3v) is 5.04. The molecule has 25 heavy (non-hydrogen) atoms. The summed E-state index contributed by atoms with van der Waals surface area (Å²) in [6.45, 7) is 8.69. The second-order valence-corrected chi connectivity index (χ2v) is 7.75. The Hall–Kier alpha value is -2.61. The summed E-state index contributed by atoms with van der Waals surface area (Å²) < 4.78 is 5.67. The average molecular weight is 330 g/mol. The zero-order valence-corrected chi connectivity index (χ0v) is 15.1. The van der Waals surface area contributed by atoms with Gasteiger partial charge in [-0.2, -0.15) is 0 Å². The van der Waals surface area contributed by atoms with Crippen molar-refractivity contribution in [1.29, 1.82) is 0 Å². The fourth-order valence-electron chi connectivity index (χ4n) is 3.49. The van der Waals surface area contributed by atoms with E-state index in [0.717, 1.165) is 28.0 Å². The molecule has 1 aromatic heterocycles. The zero-order valence-electron chi connectivity index (χ0n) is 15.1. The molecule has 4 aromatic rings. The Labute approximate surface area is 147 Å². The molecule has 0 aliphatic heterocycles. The van der Waals surface area contributed by atoms with E-state index in [4.69, 9.17) is 4.42 Å². The van der Waals surface area contributed by atoms with Crippen LogP contribution in [0.25, 0.3) is 32.5 Å². The molecule has 0 radical (unpaired) electrons. The molecule has 0 bridgehead atoms. The molecular formula is C23H22O2. The third-order valence-electron chi connectivity index (χ3n) is 5.04. The van der Waals surface area contributed by atoms with Crippen LogP contribution in [-0.4, -0.2) is 0 Å². The van der Waals surface area contributed by atoms with Crippen molar-refractivity contribution in [2.24, 2.45) is 0 Å². The molecule has 4 rings (SSSR count). The Bertz CT molecular complexity index is 1170. The van der Waals surface area contributed by atoms with Gasteiger partial charge in [0.05, 0.1) is 5.39 Å². The van der Waals surface area contributed by atoms with Crippen LogP contribution in [0.4, 0.5) is 0 Å². The third kappa shape index (κ3) is 2.53. The first kappa shape index (κ1) is 15.9. The molecule has 2 heteroatoms. The lowest BCUT2D eigenvalue weighted by atomic mass is 9.85. The highest BCUT2D eigenvalue weighted by Crippen LogP contribution is 2.32. The van der Waals surface area contributed by atoms with Crippen LogP contribution < -0.4 is 5.63 Å². The van der Waals surface area contributed by atoms with Gasteiger partial charge in [-0.15, -0.1) is 0 Å². The number of aryl methyl sites for hydroxylation is 1. The minimum atomic E-state index is -0.259. The topological polar surface area (TPSA) is 30.2 Å². The minimum Gasteiger partial charge on any atom is -0.422 e. The van der Waals surface area contributed by atoms with Crippen LogP contribution in [0.1, 0.15) is 38.8 Å². The first-order valence-electron chi connectivity index (χ1n) is 8.81. The number of hydrogen-bond acceptors (Lipinski definition) is 2. The van der Waals surface area contributed by atoms with Crippen molar-refractivity contribution in [3.8, 4) is 0 Å². The first-order valence-corrected chi connectivity index (χ1v) is 8.81. The van der Waals surface area contributed by atoms with Gasteiger partial charge in [-0.05, 0) is 39.8 Å². The van der Waals surface area contributed by atoms with Gasteiger partial charge in [0.2, 0.25) is 0 Å². The Morgan fingerprint density at radius 1 is 0.880 bits per heavy atom. The quantitative estimate of drug-likeness (QED) is 0.318. The molecule has 0 fully saturated rings. The monoisotopic (exact) mass is 330 g/mol. The molecule has 0 saturated heterocycles. The van der Waals surface area contributed by atoms with E-state index in [1.807, 2.05) is 6.07 Å². The van der Waals surface area contributed by atoms with Gasteiger partial charge in [0.25, 0.3) is 0 Å². The Balaban J connectivity index is 2.11. The van der Waals surface area contributed by atoms with Gasteiger partial charge in [0.15, 0.2) is 0 Å². The Kier molecular flexibility index (Phi) is 3.47. The average Bonchev–Trinajstić information content (AvgIpc) is 2.59. The second-order valence-electron chi connectivity index (χ2n) is 7.75. The van der Waals surface area contributed by atoms with Gasteiger partial charge in [0, 0.05) is 10.8 Å². The lowest BCUT2D eigenvalue weighted by Gasteiger charge is -2.19. The molecule has 0 aliphatic carbocycles. The van der Waals surface area contributed by atoms with Gasteiger partial charge in [-0.3, -0.25) is 0 Å². The number of benzene rings is 3. The highest BCUT2D eigenvalue weighted by Gasteiger charge is 2.16. The molecule has 2 nitrogen and oxygen atoms in total. The molecule has 0 aliphatic rings. The van der Waals surface area contributed by atoms with Crippen LogP contribution in [0.2, 0.25) is 0 Å². The highest BCUT2D eigenvalue weighted by molar-refractivity contribution is 6.15. The van der Waals surface area contributed by atoms with E-state index in [2.05, 4.69) is 70.2 Å². The van der Waals surface area contributed by atoms with Crippen molar-refractivity contribution in [2.45, 2.75) is 39.5 Å². The van der Waals surface area contributed by atoms with Crippen LogP contribution >= 0.6 is 0 Å². The number of rotatable bonds is 1. The van der Waals surface area contributed by atoms with Crippen LogP contribution in [0.15, 0.2) is 57.7 Å². The van der Waals surface area contributed by atoms with Crippen molar-refractivity contribution < 1.29 is 4.42 Å². The van der Waals surface area contributed by atoms with Crippen molar-refractivity contribution in [3.63, 3.8) is 0 Å². The van der Waals surface area contributed by atoms with Gasteiger partial charge in [0.1, 0.15) is 5.58 Å². The van der Waals surface area contributed by atoms with Gasteiger partial charge in [-0.25, -0.2) is 4.79 Å². The summed E-state index contributed by atoms with van der Waals surface area (Å²) in [4.78, 5) is 12.7. The molecule has 1 heterocycles. The van der Waals surface area contributed by atoms with E-state index < -0.39 is 0 Å². The fraction of sp³-hybridized carbons (Fsp3) is 0.261. The summed E-state index contributed by atoms with van der Waals surface area (Å²) in [5.74, 6) is 0. The summed E-state index contributed by atoms with van der Waals surface area (Å²) in [6, 6.07) is 16.7.